The van der Waals surface area contributed by atoms with Crippen LogP contribution in [0.5, 0.6) is 0 Å². The first-order valence-electron chi connectivity index (χ1n) is 10.3. The van der Waals surface area contributed by atoms with E-state index in [1.807, 2.05) is 54.7 Å². The zero-order chi connectivity index (χ0) is 22.3. The Kier molecular flexibility index (Phi) is 6.33. The molecule has 0 saturated heterocycles. The second-order valence-electron chi connectivity index (χ2n) is 7.31. The number of ether oxygens (including phenoxy) is 1. The summed E-state index contributed by atoms with van der Waals surface area (Å²) >= 11 is 0. The summed E-state index contributed by atoms with van der Waals surface area (Å²) in [6, 6.07) is 22.4. The SMILES string of the molecule is COC(=O)c1cccc(C#Cc2cccc(NC(=O)CCc3c[nH]c4ccccc34)c2)c1. The third kappa shape index (κ3) is 5.05. The molecular weight excluding hydrogens is 400 g/mol. The van der Waals surface area contributed by atoms with Gasteiger partial charge < -0.3 is 15.0 Å². The lowest BCUT2D eigenvalue weighted by molar-refractivity contribution is -0.116. The number of esters is 1. The molecule has 158 valence electrons. The van der Waals surface area contributed by atoms with Gasteiger partial charge in [0.15, 0.2) is 0 Å². The van der Waals surface area contributed by atoms with Crippen molar-refractivity contribution in [3.8, 4) is 11.8 Å². The van der Waals surface area contributed by atoms with E-state index in [1.165, 1.54) is 7.11 Å². The van der Waals surface area contributed by atoms with Crippen molar-refractivity contribution in [2.75, 3.05) is 12.4 Å². The highest BCUT2D eigenvalue weighted by molar-refractivity contribution is 5.92. The number of benzene rings is 3. The number of fused-ring (bicyclic) bond motifs is 1. The van der Waals surface area contributed by atoms with E-state index in [-0.39, 0.29) is 5.91 Å². The summed E-state index contributed by atoms with van der Waals surface area (Å²) in [5.41, 5.74) is 4.83. The van der Waals surface area contributed by atoms with Crippen molar-refractivity contribution in [2.45, 2.75) is 12.8 Å². The third-order valence-corrected chi connectivity index (χ3v) is 5.08. The second-order valence-corrected chi connectivity index (χ2v) is 7.31. The van der Waals surface area contributed by atoms with Crippen molar-refractivity contribution in [1.29, 1.82) is 0 Å². The van der Waals surface area contributed by atoms with E-state index in [2.05, 4.69) is 28.2 Å². The van der Waals surface area contributed by atoms with Crippen molar-refractivity contribution in [2.24, 2.45) is 0 Å². The van der Waals surface area contributed by atoms with Crippen molar-refractivity contribution >= 4 is 28.5 Å². The predicted octanol–water partition coefficient (Wildman–Crippen LogP) is 4.93. The molecule has 32 heavy (non-hydrogen) atoms. The summed E-state index contributed by atoms with van der Waals surface area (Å²) < 4.78 is 4.74. The minimum atomic E-state index is -0.397. The van der Waals surface area contributed by atoms with Crippen LogP contribution in [0.1, 0.15) is 33.5 Å². The zero-order valence-corrected chi connectivity index (χ0v) is 17.6. The molecule has 1 heterocycles. The Morgan fingerprint density at radius 1 is 0.938 bits per heavy atom. The lowest BCUT2D eigenvalue weighted by atomic mass is 10.1. The van der Waals surface area contributed by atoms with Gasteiger partial charge in [0.1, 0.15) is 0 Å². The summed E-state index contributed by atoms with van der Waals surface area (Å²) in [4.78, 5) is 27.4. The number of hydrogen-bond donors (Lipinski definition) is 2. The average Bonchev–Trinajstić information content (AvgIpc) is 3.24. The fourth-order valence-electron chi connectivity index (χ4n) is 3.47. The maximum Gasteiger partial charge on any atom is 0.337 e. The van der Waals surface area contributed by atoms with Crippen LogP contribution in [-0.4, -0.2) is 24.0 Å². The van der Waals surface area contributed by atoms with Crippen LogP contribution in [0.3, 0.4) is 0 Å². The Morgan fingerprint density at radius 3 is 2.50 bits per heavy atom. The zero-order valence-electron chi connectivity index (χ0n) is 17.6. The minimum absolute atomic E-state index is 0.0498. The van der Waals surface area contributed by atoms with Crippen molar-refractivity contribution in [1.82, 2.24) is 4.98 Å². The molecule has 0 saturated carbocycles. The number of hydrogen-bond acceptors (Lipinski definition) is 3. The van der Waals surface area contributed by atoms with E-state index in [9.17, 15) is 9.59 Å². The molecule has 1 amide bonds. The van der Waals surface area contributed by atoms with Gasteiger partial charge in [-0.2, -0.15) is 0 Å². The number of carbonyl (C=O) groups excluding carboxylic acids is 2. The van der Waals surface area contributed by atoms with Gasteiger partial charge >= 0.3 is 5.97 Å². The summed E-state index contributed by atoms with van der Waals surface area (Å²) in [6.45, 7) is 0. The second kappa shape index (κ2) is 9.67. The van der Waals surface area contributed by atoms with Crippen LogP contribution < -0.4 is 5.32 Å². The largest absolute Gasteiger partial charge is 0.465 e. The molecule has 5 heteroatoms. The highest BCUT2D eigenvalue weighted by Crippen LogP contribution is 2.19. The minimum Gasteiger partial charge on any atom is -0.465 e. The van der Waals surface area contributed by atoms with Crippen molar-refractivity contribution < 1.29 is 14.3 Å². The van der Waals surface area contributed by atoms with Crippen LogP contribution in [-0.2, 0) is 16.0 Å². The van der Waals surface area contributed by atoms with Crippen LogP contribution in [0, 0.1) is 11.8 Å². The van der Waals surface area contributed by atoms with Gasteiger partial charge in [0.05, 0.1) is 12.7 Å². The Labute approximate surface area is 186 Å². The van der Waals surface area contributed by atoms with Crippen LogP contribution in [0.4, 0.5) is 5.69 Å². The predicted molar refractivity (Wildman–Crippen MR) is 125 cm³/mol. The molecule has 0 radical (unpaired) electrons. The molecule has 1 aromatic heterocycles. The quantitative estimate of drug-likeness (QED) is 0.354. The number of nitrogens with one attached hydrogen (secondary N) is 2. The van der Waals surface area contributed by atoms with Crippen LogP contribution in [0.15, 0.2) is 79.0 Å². The van der Waals surface area contributed by atoms with Gasteiger partial charge in [-0.1, -0.05) is 42.2 Å². The summed E-state index contributed by atoms with van der Waals surface area (Å²) in [5.74, 6) is 5.68. The number of aromatic amines is 1. The fourth-order valence-corrected chi connectivity index (χ4v) is 3.47. The standard InChI is InChI=1S/C27H22N2O3/c1-32-27(31)21-8-4-6-19(16-21)12-13-20-7-5-9-23(17-20)29-26(30)15-14-22-18-28-25-11-3-2-10-24(22)25/h2-11,16-18,28H,14-15H2,1H3,(H,29,30). The number of rotatable bonds is 5. The van der Waals surface area contributed by atoms with E-state index in [1.54, 1.807) is 18.2 Å². The van der Waals surface area contributed by atoms with E-state index in [0.717, 1.165) is 22.0 Å². The van der Waals surface area contributed by atoms with E-state index < -0.39 is 5.97 Å². The fraction of sp³-hybridized carbons (Fsp3) is 0.111. The van der Waals surface area contributed by atoms with Crippen molar-refractivity contribution in [3.05, 3.63) is 101 Å². The molecule has 0 aliphatic heterocycles. The average molecular weight is 422 g/mol. The Bertz CT molecular complexity index is 1340. The number of anilines is 1. The Morgan fingerprint density at radius 2 is 1.69 bits per heavy atom. The number of carbonyl (C=O) groups is 2. The molecule has 0 atom stereocenters. The smallest absolute Gasteiger partial charge is 0.337 e. The van der Waals surface area contributed by atoms with Gasteiger partial charge in [0.25, 0.3) is 0 Å². The lowest BCUT2D eigenvalue weighted by Gasteiger charge is -2.05. The molecule has 0 aliphatic rings. The summed E-state index contributed by atoms with van der Waals surface area (Å²) in [5, 5.41) is 4.09. The summed E-state index contributed by atoms with van der Waals surface area (Å²) in [6.07, 6.45) is 3.01. The van der Waals surface area contributed by atoms with Gasteiger partial charge in [0.2, 0.25) is 5.91 Å². The van der Waals surface area contributed by atoms with E-state index >= 15 is 0 Å². The molecular formula is C27H22N2O3. The molecule has 0 unspecified atom stereocenters. The van der Waals surface area contributed by atoms with Crippen molar-refractivity contribution in [3.63, 3.8) is 0 Å². The summed E-state index contributed by atoms with van der Waals surface area (Å²) in [7, 11) is 1.35. The van der Waals surface area contributed by atoms with Gasteiger partial charge in [-0.25, -0.2) is 4.79 Å². The first-order chi connectivity index (χ1) is 15.6. The molecule has 0 fully saturated rings. The van der Waals surface area contributed by atoms with E-state index in [0.29, 0.717) is 29.7 Å². The van der Waals surface area contributed by atoms with Crippen LogP contribution in [0.2, 0.25) is 0 Å². The van der Waals surface area contributed by atoms with Gasteiger partial charge in [-0.15, -0.1) is 0 Å². The molecule has 2 N–H and O–H groups in total. The topological polar surface area (TPSA) is 71.2 Å². The normalized spacial score (nSPS) is 10.3. The van der Waals surface area contributed by atoms with Gasteiger partial charge in [0, 0.05) is 40.3 Å². The molecule has 4 aromatic rings. The number of methoxy groups -OCH3 is 1. The highest BCUT2D eigenvalue weighted by atomic mass is 16.5. The van der Waals surface area contributed by atoms with Gasteiger partial charge in [-0.3, -0.25) is 4.79 Å². The number of para-hydroxylation sites is 1. The number of aromatic nitrogens is 1. The number of aryl methyl sites for hydroxylation is 1. The molecule has 5 nitrogen and oxygen atoms in total. The maximum absolute atomic E-state index is 12.5. The highest BCUT2D eigenvalue weighted by Gasteiger charge is 2.08. The Hall–Kier alpha value is -4.30. The van der Waals surface area contributed by atoms with Crippen LogP contribution >= 0.6 is 0 Å². The van der Waals surface area contributed by atoms with E-state index in [4.69, 9.17) is 4.74 Å². The molecule has 0 bridgehead atoms. The maximum atomic E-state index is 12.5. The first-order valence-corrected chi connectivity index (χ1v) is 10.3. The molecule has 0 aliphatic carbocycles. The molecule has 0 spiro atoms. The third-order valence-electron chi connectivity index (χ3n) is 5.08. The molecule has 3 aromatic carbocycles. The lowest BCUT2D eigenvalue weighted by Crippen LogP contribution is -2.12. The van der Waals surface area contributed by atoms with Gasteiger partial charge in [-0.05, 0) is 54.4 Å². The van der Waals surface area contributed by atoms with Crippen LogP contribution in [0.25, 0.3) is 10.9 Å². The first kappa shape index (κ1) is 21.0. The Balaban J connectivity index is 1.40. The number of H-pyrrole nitrogens is 1. The monoisotopic (exact) mass is 422 g/mol. The molecule has 4 rings (SSSR count). The number of amides is 1.